The number of nitrogens with zero attached hydrogens (tertiary/aromatic N) is 1. The van der Waals surface area contributed by atoms with E-state index in [1.807, 2.05) is 6.07 Å². The molecular weight excluding hydrogens is 205 g/mol. The molecule has 0 radical (unpaired) electrons. The molecule has 0 spiro atoms. The van der Waals surface area contributed by atoms with Crippen molar-refractivity contribution in [2.75, 3.05) is 7.05 Å². The van der Waals surface area contributed by atoms with Gasteiger partial charge in [-0.3, -0.25) is 4.79 Å². The van der Waals surface area contributed by atoms with Crippen LogP contribution in [-0.2, 0) is 11.3 Å². The first-order chi connectivity index (χ1) is 7.66. The lowest BCUT2D eigenvalue weighted by Crippen LogP contribution is -2.35. The van der Waals surface area contributed by atoms with Crippen molar-refractivity contribution >= 4 is 5.91 Å². The molecule has 0 heterocycles. The monoisotopic (exact) mass is 221 g/mol. The largest absolute Gasteiger partial charge is 0.341 e. The SMILES string of the molecule is CN(Cc1cccc(F)c1)C(=O)C1CCC1. The summed E-state index contributed by atoms with van der Waals surface area (Å²) in [6.07, 6.45) is 3.17. The van der Waals surface area contributed by atoms with Crippen LogP contribution in [0.1, 0.15) is 24.8 Å². The van der Waals surface area contributed by atoms with Gasteiger partial charge in [-0.1, -0.05) is 18.6 Å². The number of carbonyl (C=O) groups excluding carboxylic acids is 1. The Bertz CT molecular complexity index is 387. The average molecular weight is 221 g/mol. The Kier molecular flexibility index (Phi) is 3.22. The van der Waals surface area contributed by atoms with Crippen LogP contribution in [0.2, 0.25) is 0 Å². The van der Waals surface area contributed by atoms with E-state index in [1.54, 1.807) is 18.0 Å². The number of amides is 1. The average Bonchev–Trinajstić information content (AvgIpc) is 2.14. The second-order valence-electron chi connectivity index (χ2n) is 4.45. The molecule has 0 bridgehead atoms. The lowest BCUT2D eigenvalue weighted by molar-refractivity contribution is -0.137. The number of benzene rings is 1. The van der Waals surface area contributed by atoms with Crippen molar-refractivity contribution in [2.24, 2.45) is 5.92 Å². The third kappa shape index (κ3) is 2.40. The minimum Gasteiger partial charge on any atom is -0.341 e. The molecule has 0 aliphatic heterocycles. The summed E-state index contributed by atoms with van der Waals surface area (Å²) in [5.41, 5.74) is 0.843. The Hall–Kier alpha value is -1.38. The number of hydrogen-bond donors (Lipinski definition) is 0. The zero-order valence-electron chi connectivity index (χ0n) is 9.45. The van der Waals surface area contributed by atoms with E-state index in [2.05, 4.69) is 0 Å². The molecule has 0 aromatic heterocycles. The second kappa shape index (κ2) is 4.64. The molecule has 1 fully saturated rings. The first kappa shape index (κ1) is 11.1. The fraction of sp³-hybridized carbons (Fsp3) is 0.462. The van der Waals surface area contributed by atoms with Crippen LogP contribution in [0.4, 0.5) is 4.39 Å². The molecule has 3 heteroatoms. The number of halogens is 1. The van der Waals surface area contributed by atoms with E-state index in [0.717, 1.165) is 24.8 Å². The molecule has 0 atom stereocenters. The van der Waals surface area contributed by atoms with E-state index in [4.69, 9.17) is 0 Å². The summed E-state index contributed by atoms with van der Waals surface area (Å²) in [5.74, 6) is 0.149. The topological polar surface area (TPSA) is 20.3 Å². The first-order valence-electron chi connectivity index (χ1n) is 5.66. The normalized spacial score (nSPS) is 15.6. The predicted octanol–water partition coefficient (Wildman–Crippen LogP) is 2.58. The fourth-order valence-electron chi connectivity index (χ4n) is 1.95. The van der Waals surface area contributed by atoms with Gasteiger partial charge in [0.2, 0.25) is 5.91 Å². The molecule has 2 nitrogen and oxygen atoms in total. The molecule has 2 rings (SSSR count). The first-order valence-corrected chi connectivity index (χ1v) is 5.66. The minimum absolute atomic E-state index is 0.190. The highest BCUT2D eigenvalue weighted by Gasteiger charge is 2.27. The van der Waals surface area contributed by atoms with Crippen LogP contribution in [0.25, 0.3) is 0 Å². The third-order valence-electron chi connectivity index (χ3n) is 3.14. The lowest BCUT2D eigenvalue weighted by atomic mass is 9.84. The minimum atomic E-state index is -0.248. The van der Waals surface area contributed by atoms with Crippen molar-refractivity contribution in [3.63, 3.8) is 0 Å². The van der Waals surface area contributed by atoms with Crippen molar-refractivity contribution in [3.05, 3.63) is 35.6 Å². The van der Waals surface area contributed by atoms with Gasteiger partial charge in [0.25, 0.3) is 0 Å². The Morgan fingerprint density at radius 2 is 2.25 bits per heavy atom. The number of rotatable bonds is 3. The van der Waals surface area contributed by atoms with Crippen molar-refractivity contribution < 1.29 is 9.18 Å². The van der Waals surface area contributed by atoms with Crippen LogP contribution >= 0.6 is 0 Å². The van der Waals surface area contributed by atoms with E-state index in [0.29, 0.717) is 6.54 Å². The van der Waals surface area contributed by atoms with Gasteiger partial charge in [0.15, 0.2) is 0 Å². The summed E-state index contributed by atoms with van der Waals surface area (Å²) >= 11 is 0. The van der Waals surface area contributed by atoms with Gasteiger partial charge in [0, 0.05) is 19.5 Å². The van der Waals surface area contributed by atoms with Crippen LogP contribution in [0.5, 0.6) is 0 Å². The predicted molar refractivity (Wildman–Crippen MR) is 60.2 cm³/mol. The van der Waals surface area contributed by atoms with Crippen molar-refractivity contribution in [1.29, 1.82) is 0 Å². The summed E-state index contributed by atoms with van der Waals surface area (Å²) in [6.45, 7) is 0.493. The van der Waals surface area contributed by atoms with Gasteiger partial charge in [-0.15, -0.1) is 0 Å². The van der Waals surface area contributed by atoms with Gasteiger partial charge < -0.3 is 4.90 Å². The Labute approximate surface area is 95.1 Å². The van der Waals surface area contributed by atoms with E-state index in [-0.39, 0.29) is 17.6 Å². The standard InChI is InChI=1S/C13H16FNO/c1-15(13(16)11-5-3-6-11)9-10-4-2-7-12(14)8-10/h2,4,7-8,11H,3,5-6,9H2,1H3. The molecule has 86 valence electrons. The van der Waals surface area contributed by atoms with Crippen molar-refractivity contribution in [2.45, 2.75) is 25.8 Å². The van der Waals surface area contributed by atoms with Crippen LogP contribution in [0, 0.1) is 11.7 Å². The Morgan fingerprint density at radius 3 is 2.81 bits per heavy atom. The van der Waals surface area contributed by atoms with Gasteiger partial charge in [-0.25, -0.2) is 4.39 Å². The smallest absolute Gasteiger partial charge is 0.225 e. The van der Waals surface area contributed by atoms with E-state index in [9.17, 15) is 9.18 Å². The summed E-state index contributed by atoms with van der Waals surface area (Å²) < 4.78 is 13.0. The van der Waals surface area contributed by atoms with Gasteiger partial charge in [-0.2, -0.15) is 0 Å². The van der Waals surface area contributed by atoms with Crippen LogP contribution in [0.3, 0.4) is 0 Å². The molecule has 1 aliphatic rings. The number of carbonyl (C=O) groups is 1. The molecule has 0 saturated heterocycles. The van der Waals surface area contributed by atoms with Crippen LogP contribution in [-0.4, -0.2) is 17.9 Å². The molecule has 1 aromatic rings. The Morgan fingerprint density at radius 1 is 1.50 bits per heavy atom. The van der Waals surface area contributed by atoms with Crippen molar-refractivity contribution in [3.8, 4) is 0 Å². The van der Waals surface area contributed by atoms with E-state index < -0.39 is 0 Å². The fourth-order valence-corrected chi connectivity index (χ4v) is 1.95. The molecule has 1 aliphatic carbocycles. The summed E-state index contributed by atoms with van der Waals surface area (Å²) in [4.78, 5) is 13.5. The van der Waals surface area contributed by atoms with E-state index in [1.165, 1.54) is 12.1 Å². The van der Waals surface area contributed by atoms with Gasteiger partial charge in [0.1, 0.15) is 5.82 Å². The van der Waals surface area contributed by atoms with Crippen LogP contribution in [0.15, 0.2) is 24.3 Å². The molecule has 1 saturated carbocycles. The second-order valence-corrected chi connectivity index (χ2v) is 4.45. The maximum absolute atomic E-state index is 13.0. The summed E-state index contributed by atoms with van der Waals surface area (Å²) in [5, 5.41) is 0. The highest BCUT2D eigenvalue weighted by molar-refractivity contribution is 5.79. The van der Waals surface area contributed by atoms with Gasteiger partial charge in [-0.05, 0) is 30.5 Å². The quantitative estimate of drug-likeness (QED) is 0.768. The molecule has 0 N–H and O–H groups in total. The van der Waals surface area contributed by atoms with Crippen LogP contribution < -0.4 is 0 Å². The lowest BCUT2D eigenvalue weighted by Gasteiger charge is -2.29. The maximum atomic E-state index is 13.0. The molecule has 16 heavy (non-hydrogen) atoms. The van der Waals surface area contributed by atoms with Gasteiger partial charge >= 0.3 is 0 Å². The Balaban J connectivity index is 1.95. The van der Waals surface area contributed by atoms with E-state index >= 15 is 0 Å². The van der Waals surface area contributed by atoms with Gasteiger partial charge in [0.05, 0.1) is 0 Å². The summed E-state index contributed by atoms with van der Waals surface area (Å²) in [7, 11) is 1.78. The molecule has 1 aromatic carbocycles. The molecule has 1 amide bonds. The zero-order chi connectivity index (χ0) is 11.5. The molecular formula is C13H16FNO. The third-order valence-corrected chi connectivity index (χ3v) is 3.14. The highest BCUT2D eigenvalue weighted by Crippen LogP contribution is 2.28. The summed E-state index contributed by atoms with van der Waals surface area (Å²) in [6, 6.07) is 6.40. The molecule has 0 unspecified atom stereocenters. The number of hydrogen-bond acceptors (Lipinski definition) is 1. The zero-order valence-corrected chi connectivity index (χ0v) is 9.45. The maximum Gasteiger partial charge on any atom is 0.225 e. The van der Waals surface area contributed by atoms with Crippen molar-refractivity contribution in [1.82, 2.24) is 4.90 Å². The highest BCUT2D eigenvalue weighted by atomic mass is 19.1.